The van der Waals surface area contributed by atoms with Crippen LogP contribution in [0.1, 0.15) is 10.6 Å². The van der Waals surface area contributed by atoms with Gasteiger partial charge in [0.05, 0.1) is 25.5 Å². The van der Waals surface area contributed by atoms with Gasteiger partial charge in [-0.05, 0) is 0 Å². The monoisotopic (exact) mass is 168 g/mol. The van der Waals surface area contributed by atoms with Crippen molar-refractivity contribution in [2.24, 2.45) is 0 Å². The van der Waals surface area contributed by atoms with Crippen molar-refractivity contribution in [1.29, 1.82) is 0 Å². The maximum atomic E-state index is 11.2. The normalized spacial score (nSPS) is 17.0. The van der Waals surface area contributed by atoms with Crippen LogP contribution in [0.3, 0.4) is 0 Å². The van der Waals surface area contributed by atoms with Crippen LogP contribution < -0.4 is 5.32 Å². The first kappa shape index (κ1) is 7.30. The van der Waals surface area contributed by atoms with Crippen LogP contribution in [0.2, 0.25) is 0 Å². The zero-order valence-corrected chi connectivity index (χ0v) is 6.32. The predicted octanol–water partition coefficient (Wildman–Crippen LogP) is -0.197. The average Bonchev–Trinajstić information content (AvgIpc) is 2.47. The second-order valence-corrected chi connectivity index (χ2v) is 2.58. The third-order valence-electron chi connectivity index (χ3n) is 1.63. The molecule has 0 spiro atoms. The number of hydrogen-bond acceptors (Lipinski definition) is 4. The molecular formula is C7H8N2O3. The molecule has 1 aliphatic rings. The molecule has 12 heavy (non-hydrogen) atoms. The quantitative estimate of drug-likeness (QED) is 0.664. The van der Waals surface area contributed by atoms with Crippen LogP contribution in [0.15, 0.2) is 16.8 Å². The lowest BCUT2D eigenvalue weighted by Gasteiger charge is -2.26. The molecule has 1 saturated heterocycles. The maximum absolute atomic E-state index is 11.2. The first-order valence-electron chi connectivity index (χ1n) is 3.65. The number of rotatable bonds is 2. The van der Waals surface area contributed by atoms with E-state index >= 15 is 0 Å². The Balaban J connectivity index is 1.92. The number of aromatic nitrogens is 1. The molecule has 1 N–H and O–H groups in total. The van der Waals surface area contributed by atoms with E-state index in [4.69, 9.17) is 4.74 Å². The highest BCUT2D eigenvalue weighted by molar-refractivity contribution is 5.91. The molecule has 2 rings (SSSR count). The molecule has 5 heteroatoms. The van der Waals surface area contributed by atoms with Gasteiger partial charge in [0.1, 0.15) is 0 Å². The average molecular weight is 168 g/mol. The number of ether oxygens (including phenoxy) is 1. The van der Waals surface area contributed by atoms with E-state index in [2.05, 4.69) is 15.0 Å². The summed E-state index contributed by atoms with van der Waals surface area (Å²) in [6.45, 7) is 1.17. The van der Waals surface area contributed by atoms with Crippen molar-refractivity contribution in [3.8, 4) is 0 Å². The van der Waals surface area contributed by atoms with E-state index in [9.17, 15) is 4.79 Å². The molecule has 0 radical (unpaired) electrons. The lowest BCUT2D eigenvalue weighted by Crippen LogP contribution is -2.48. The van der Waals surface area contributed by atoms with E-state index in [0.717, 1.165) is 0 Å². The fourth-order valence-corrected chi connectivity index (χ4v) is 0.908. The van der Waals surface area contributed by atoms with Crippen molar-refractivity contribution >= 4 is 5.91 Å². The van der Waals surface area contributed by atoms with Crippen LogP contribution >= 0.6 is 0 Å². The van der Waals surface area contributed by atoms with Gasteiger partial charge in [-0.15, -0.1) is 0 Å². The zero-order valence-electron chi connectivity index (χ0n) is 6.32. The summed E-state index contributed by atoms with van der Waals surface area (Å²) in [5, 5.41) is 6.15. The van der Waals surface area contributed by atoms with E-state index in [0.29, 0.717) is 13.2 Å². The van der Waals surface area contributed by atoms with Crippen molar-refractivity contribution in [3.05, 3.63) is 18.0 Å². The first-order valence-corrected chi connectivity index (χ1v) is 3.65. The molecule has 1 amide bonds. The van der Waals surface area contributed by atoms with Gasteiger partial charge >= 0.3 is 0 Å². The predicted molar refractivity (Wildman–Crippen MR) is 38.6 cm³/mol. The molecule has 1 aromatic heterocycles. The second-order valence-electron chi connectivity index (χ2n) is 2.58. The van der Waals surface area contributed by atoms with E-state index in [1.165, 1.54) is 12.3 Å². The number of nitrogens with one attached hydrogen (secondary N) is 1. The summed E-state index contributed by atoms with van der Waals surface area (Å²) < 4.78 is 9.55. The summed E-state index contributed by atoms with van der Waals surface area (Å²) in [6.07, 6.45) is 1.44. The van der Waals surface area contributed by atoms with E-state index in [1.54, 1.807) is 0 Å². The van der Waals surface area contributed by atoms with Gasteiger partial charge in [0, 0.05) is 6.07 Å². The van der Waals surface area contributed by atoms with Crippen LogP contribution in [0.25, 0.3) is 0 Å². The Morgan fingerprint density at radius 3 is 3.00 bits per heavy atom. The lowest BCUT2D eigenvalue weighted by atomic mass is 10.2. The topological polar surface area (TPSA) is 64.4 Å². The Bertz CT molecular complexity index is 266. The summed E-state index contributed by atoms with van der Waals surface area (Å²) in [5.74, 6) is 0.00250. The Labute approximate surface area is 68.7 Å². The van der Waals surface area contributed by atoms with Crippen molar-refractivity contribution < 1.29 is 14.1 Å². The fourth-order valence-electron chi connectivity index (χ4n) is 0.908. The lowest BCUT2D eigenvalue weighted by molar-refractivity contribution is -0.00401. The highest BCUT2D eigenvalue weighted by Crippen LogP contribution is 2.02. The van der Waals surface area contributed by atoms with E-state index in [-0.39, 0.29) is 17.7 Å². The zero-order chi connectivity index (χ0) is 8.39. The Hall–Kier alpha value is -1.36. The van der Waals surface area contributed by atoms with Crippen LogP contribution in [0.5, 0.6) is 0 Å². The molecule has 5 nitrogen and oxygen atoms in total. The third kappa shape index (κ3) is 1.31. The van der Waals surface area contributed by atoms with Gasteiger partial charge < -0.3 is 14.6 Å². The van der Waals surface area contributed by atoms with Crippen LogP contribution in [0, 0.1) is 0 Å². The molecule has 1 fully saturated rings. The molecule has 0 aliphatic carbocycles. The van der Waals surface area contributed by atoms with Crippen LogP contribution in [0.4, 0.5) is 0 Å². The molecule has 1 aliphatic heterocycles. The van der Waals surface area contributed by atoms with Crippen LogP contribution in [-0.2, 0) is 4.74 Å². The summed E-state index contributed by atoms with van der Waals surface area (Å²) in [5.41, 5.74) is 0. The SMILES string of the molecule is O=C(NC1COC1)c1ccno1. The van der Waals surface area contributed by atoms with Gasteiger partial charge in [-0.1, -0.05) is 5.16 Å². The highest BCUT2D eigenvalue weighted by Gasteiger charge is 2.22. The molecule has 0 aromatic carbocycles. The number of carbonyl (C=O) groups excluding carboxylic acids is 1. The number of amides is 1. The fraction of sp³-hybridized carbons (Fsp3) is 0.429. The van der Waals surface area contributed by atoms with Crippen LogP contribution in [-0.4, -0.2) is 30.3 Å². The summed E-state index contributed by atoms with van der Waals surface area (Å²) in [6, 6.07) is 1.65. The molecule has 64 valence electrons. The van der Waals surface area contributed by atoms with Crippen molar-refractivity contribution in [2.45, 2.75) is 6.04 Å². The molecule has 0 bridgehead atoms. The van der Waals surface area contributed by atoms with Crippen molar-refractivity contribution in [3.63, 3.8) is 0 Å². The maximum Gasteiger partial charge on any atom is 0.290 e. The van der Waals surface area contributed by atoms with Gasteiger partial charge in [-0.3, -0.25) is 4.79 Å². The molecule has 0 unspecified atom stereocenters. The molecule has 2 heterocycles. The highest BCUT2D eigenvalue weighted by atomic mass is 16.5. The number of nitrogens with zero attached hydrogens (tertiary/aromatic N) is 1. The molecule has 1 aromatic rings. The minimum atomic E-state index is -0.235. The first-order chi connectivity index (χ1) is 5.86. The summed E-state index contributed by atoms with van der Waals surface area (Å²) in [7, 11) is 0. The third-order valence-corrected chi connectivity index (χ3v) is 1.63. The second kappa shape index (κ2) is 2.94. The summed E-state index contributed by atoms with van der Waals surface area (Å²) in [4.78, 5) is 11.2. The minimum absolute atomic E-state index is 0.127. The summed E-state index contributed by atoms with van der Waals surface area (Å²) >= 11 is 0. The van der Waals surface area contributed by atoms with Crippen molar-refractivity contribution in [2.75, 3.05) is 13.2 Å². The van der Waals surface area contributed by atoms with E-state index in [1.807, 2.05) is 0 Å². The minimum Gasteiger partial charge on any atom is -0.377 e. The van der Waals surface area contributed by atoms with Gasteiger partial charge in [0.2, 0.25) is 5.76 Å². The van der Waals surface area contributed by atoms with Gasteiger partial charge in [0.15, 0.2) is 0 Å². The Morgan fingerprint density at radius 2 is 2.50 bits per heavy atom. The number of hydrogen-bond donors (Lipinski definition) is 1. The standard InChI is InChI=1S/C7H8N2O3/c10-7(6-1-2-8-12-6)9-5-3-11-4-5/h1-2,5H,3-4H2,(H,9,10). The van der Waals surface area contributed by atoms with E-state index < -0.39 is 0 Å². The largest absolute Gasteiger partial charge is 0.377 e. The van der Waals surface area contributed by atoms with Crippen molar-refractivity contribution in [1.82, 2.24) is 10.5 Å². The van der Waals surface area contributed by atoms with Gasteiger partial charge in [-0.25, -0.2) is 0 Å². The molecule has 0 atom stereocenters. The van der Waals surface area contributed by atoms with Gasteiger partial charge in [0.25, 0.3) is 5.91 Å². The Kier molecular flexibility index (Phi) is 1.79. The number of carbonyl (C=O) groups is 1. The smallest absolute Gasteiger partial charge is 0.290 e. The molecule has 0 saturated carbocycles. The Morgan fingerprint density at radius 1 is 1.67 bits per heavy atom. The molecular weight excluding hydrogens is 160 g/mol. The van der Waals surface area contributed by atoms with Gasteiger partial charge in [-0.2, -0.15) is 0 Å².